The lowest BCUT2D eigenvalue weighted by Crippen LogP contribution is -2.24. The Hall–Kier alpha value is -3.15. The monoisotopic (exact) mass is 382 g/mol. The number of carbonyl (C=O) groups is 3. The van der Waals surface area contributed by atoms with E-state index in [0.717, 1.165) is 12.1 Å². The Bertz CT molecular complexity index is 844. The molecule has 6 heteroatoms. The molecule has 0 saturated heterocycles. The van der Waals surface area contributed by atoms with Gasteiger partial charge in [0.1, 0.15) is 0 Å². The summed E-state index contributed by atoms with van der Waals surface area (Å²) in [6, 6.07) is 13.6. The van der Waals surface area contributed by atoms with Crippen molar-refractivity contribution in [2.24, 2.45) is 0 Å². The fourth-order valence-electron chi connectivity index (χ4n) is 2.60. The highest BCUT2D eigenvalue weighted by Gasteiger charge is 2.20. The molecule has 0 unspecified atom stereocenters. The largest absolute Gasteiger partial charge is 0.451 e. The van der Waals surface area contributed by atoms with E-state index in [1.807, 2.05) is 32.0 Å². The summed E-state index contributed by atoms with van der Waals surface area (Å²) in [5.74, 6) is -0.916. The molecule has 0 radical (unpaired) electrons. The molecule has 2 rings (SSSR count). The molecule has 0 aliphatic heterocycles. The first-order chi connectivity index (χ1) is 13.3. The van der Waals surface area contributed by atoms with Crippen LogP contribution in [0.15, 0.2) is 48.5 Å². The van der Waals surface area contributed by atoms with Gasteiger partial charge in [-0.2, -0.15) is 0 Å². The minimum Gasteiger partial charge on any atom is -0.451 e. The Morgan fingerprint density at radius 3 is 2.32 bits per heavy atom. The van der Waals surface area contributed by atoms with Crippen LogP contribution in [0.1, 0.15) is 47.4 Å². The van der Waals surface area contributed by atoms with Crippen LogP contribution < -0.4 is 10.2 Å². The summed E-state index contributed by atoms with van der Waals surface area (Å²) in [4.78, 5) is 38.4. The van der Waals surface area contributed by atoms with Crippen LogP contribution in [-0.4, -0.2) is 37.9 Å². The first-order valence-electron chi connectivity index (χ1n) is 9.24. The van der Waals surface area contributed by atoms with E-state index in [0.29, 0.717) is 23.2 Å². The van der Waals surface area contributed by atoms with Gasteiger partial charge in [0.15, 0.2) is 6.10 Å². The number of amides is 1. The minimum absolute atomic E-state index is 0.0659. The molecule has 0 spiro atoms. The van der Waals surface area contributed by atoms with Gasteiger partial charge in [-0.05, 0) is 55.8 Å². The highest BCUT2D eigenvalue weighted by atomic mass is 16.5. The molecule has 6 nitrogen and oxygen atoms in total. The number of hydrogen-bond acceptors (Lipinski definition) is 5. The molecule has 0 saturated carbocycles. The third-order valence-corrected chi connectivity index (χ3v) is 4.18. The Morgan fingerprint density at radius 2 is 1.71 bits per heavy atom. The fourth-order valence-corrected chi connectivity index (χ4v) is 2.60. The smallest absolute Gasteiger partial charge is 0.338 e. The van der Waals surface area contributed by atoms with Gasteiger partial charge in [0.2, 0.25) is 11.7 Å². The average molecular weight is 382 g/mol. The summed E-state index contributed by atoms with van der Waals surface area (Å²) >= 11 is 0. The van der Waals surface area contributed by atoms with E-state index >= 15 is 0 Å². The van der Waals surface area contributed by atoms with Gasteiger partial charge < -0.3 is 15.0 Å². The summed E-state index contributed by atoms with van der Waals surface area (Å²) < 4.78 is 5.34. The predicted octanol–water partition coefficient (Wildman–Crippen LogP) is 3.92. The number of esters is 1. The van der Waals surface area contributed by atoms with Gasteiger partial charge in [0.05, 0.1) is 5.56 Å². The third-order valence-electron chi connectivity index (χ3n) is 4.18. The summed E-state index contributed by atoms with van der Waals surface area (Å²) in [7, 11) is 3.76. The lowest BCUT2D eigenvalue weighted by molar-refractivity contribution is -0.116. The highest BCUT2D eigenvalue weighted by molar-refractivity contribution is 6.02. The first-order valence-corrected chi connectivity index (χ1v) is 9.24. The Labute approximate surface area is 165 Å². The first kappa shape index (κ1) is 21.2. The fraction of sp³-hybridized carbons (Fsp3) is 0.318. The van der Waals surface area contributed by atoms with E-state index in [1.54, 1.807) is 49.4 Å². The average Bonchev–Trinajstić information content (AvgIpc) is 2.68. The zero-order chi connectivity index (χ0) is 20.7. The number of benzene rings is 2. The van der Waals surface area contributed by atoms with Gasteiger partial charge in [-0.15, -0.1) is 0 Å². The maximum absolute atomic E-state index is 12.5. The van der Waals surface area contributed by atoms with Crippen molar-refractivity contribution in [1.29, 1.82) is 0 Å². The predicted molar refractivity (Wildman–Crippen MR) is 110 cm³/mol. The quantitative estimate of drug-likeness (QED) is 0.553. The summed E-state index contributed by atoms with van der Waals surface area (Å²) in [6.45, 7) is 3.48. The van der Waals surface area contributed by atoms with E-state index in [9.17, 15) is 14.4 Å². The Morgan fingerprint density at radius 1 is 1.04 bits per heavy atom. The number of anilines is 2. The van der Waals surface area contributed by atoms with E-state index in [-0.39, 0.29) is 11.7 Å². The molecular formula is C22H26N2O4. The molecule has 28 heavy (non-hydrogen) atoms. The zero-order valence-electron chi connectivity index (χ0n) is 16.7. The number of hydrogen-bond donors (Lipinski definition) is 1. The van der Waals surface area contributed by atoms with Crippen LogP contribution in [0.4, 0.5) is 11.4 Å². The van der Waals surface area contributed by atoms with Crippen LogP contribution in [0.25, 0.3) is 0 Å². The van der Waals surface area contributed by atoms with Crippen molar-refractivity contribution in [3.63, 3.8) is 0 Å². The van der Waals surface area contributed by atoms with Gasteiger partial charge in [0.25, 0.3) is 0 Å². The van der Waals surface area contributed by atoms with Crippen molar-refractivity contribution in [2.45, 2.75) is 32.8 Å². The van der Waals surface area contributed by atoms with Crippen LogP contribution in [0.3, 0.4) is 0 Å². The van der Waals surface area contributed by atoms with Crippen molar-refractivity contribution in [3.05, 3.63) is 59.7 Å². The number of carbonyl (C=O) groups excluding carboxylic acids is 3. The molecule has 0 bridgehead atoms. The Balaban J connectivity index is 2.01. The second-order valence-electron chi connectivity index (χ2n) is 6.73. The number of ether oxygens (including phenoxy) is 1. The SMILES string of the molecule is CCCC(=O)Nc1ccc(C(=O)[C@@H](C)OC(=O)c2cccc(N(C)C)c2)cc1. The van der Waals surface area contributed by atoms with Gasteiger partial charge in [-0.25, -0.2) is 4.79 Å². The second kappa shape index (κ2) is 9.69. The Kier molecular flexibility index (Phi) is 7.32. The van der Waals surface area contributed by atoms with E-state index in [1.165, 1.54) is 0 Å². The van der Waals surface area contributed by atoms with Gasteiger partial charge in [-0.1, -0.05) is 13.0 Å². The second-order valence-corrected chi connectivity index (χ2v) is 6.73. The van der Waals surface area contributed by atoms with Crippen molar-refractivity contribution in [1.82, 2.24) is 0 Å². The molecule has 148 valence electrons. The number of Topliss-reactive ketones (excluding diaryl/α,β-unsaturated/α-hetero) is 1. The molecule has 1 amide bonds. The lowest BCUT2D eigenvalue weighted by Gasteiger charge is -2.15. The van der Waals surface area contributed by atoms with E-state index < -0.39 is 12.1 Å². The molecule has 0 aliphatic carbocycles. The molecule has 1 atom stereocenters. The molecule has 2 aromatic carbocycles. The summed E-state index contributed by atoms with van der Waals surface area (Å²) in [5.41, 5.74) is 2.30. The van der Waals surface area contributed by atoms with Crippen molar-refractivity contribution < 1.29 is 19.1 Å². The van der Waals surface area contributed by atoms with Gasteiger partial charge >= 0.3 is 5.97 Å². The number of rotatable bonds is 8. The normalized spacial score (nSPS) is 11.4. The van der Waals surface area contributed by atoms with Crippen molar-refractivity contribution in [3.8, 4) is 0 Å². The molecular weight excluding hydrogens is 356 g/mol. The van der Waals surface area contributed by atoms with Gasteiger partial charge in [-0.3, -0.25) is 9.59 Å². The summed E-state index contributed by atoms with van der Waals surface area (Å²) in [6.07, 6.45) is 0.293. The van der Waals surface area contributed by atoms with Crippen LogP contribution >= 0.6 is 0 Å². The van der Waals surface area contributed by atoms with Crippen LogP contribution in [0.2, 0.25) is 0 Å². The van der Waals surface area contributed by atoms with E-state index in [2.05, 4.69) is 5.32 Å². The molecule has 0 aromatic heterocycles. The molecule has 1 N–H and O–H groups in total. The molecule has 0 aliphatic rings. The molecule has 2 aromatic rings. The van der Waals surface area contributed by atoms with Crippen LogP contribution in [-0.2, 0) is 9.53 Å². The minimum atomic E-state index is -0.920. The zero-order valence-corrected chi connectivity index (χ0v) is 16.7. The highest BCUT2D eigenvalue weighted by Crippen LogP contribution is 2.17. The van der Waals surface area contributed by atoms with Crippen LogP contribution in [0.5, 0.6) is 0 Å². The third kappa shape index (κ3) is 5.67. The summed E-state index contributed by atoms with van der Waals surface area (Å²) in [5, 5.41) is 2.77. The van der Waals surface area contributed by atoms with Crippen LogP contribution in [0, 0.1) is 0 Å². The lowest BCUT2D eigenvalue weighted by atomic mass is 10.1. The maximum atomic E-state index is 12.5. The maximum Gasteiger partial charge on any atom is 0.338 e. The number of nitrogens with zero attached hydrogens (tertiary/aromatic N) is 1. The molecule has 0 heterocycles. The van der Waals surface area contributed by atoms with Crippen molar-refractivity contribution in [2.75, 3.05) is 24.3 Å². The topological polar surface area (TPSA) is 75.7 Å². The van der Waals surface area contributed by atoms with E-state index in [4.69, 9.17) is 4.74 Å². The molecule has 0 fully saturated rings. The number of nitrogens with one attached hydrogen (secondary N) is 1. The van der Waals surface area contributed by atoms with Crippen molar-refractivity contribution >= 4 is 29.0 Å². The van der Waals surface area contributed by atoms with Gasteiger partial charge in [0, 0.05) is 37.5 Å². The standard InChI is InChI=1S/C22H26N2O4/c1-5-7-20(25)23-18-12-10-16(11-13-18)21(26)15(2)28-22(27)17-8-6-9-19(14-17)24(3)4/h6,8-15H,5,7H2,1-4H3,(H,23,25)/t15-/m1/s1. The number of ketones is 1.